The van der Waals surface area contributed by atoms with Crippen LogP contribution in [-0.4, -0.2) is 29.8 Å². The van der Waals surface area contributed by atoms with Crippen molar-refractivity contribution in [3.8, 4) is 0 Å². The van der Waals surface area contributed by atoms with Gasteiger partial charge in [0.15, 0.2) is 5.11 Å². The summed E-state index contributed by atoms with van der Waals surface area (Å²) in [5, 5.41) is 5.90. The molecule has 1 aliphatic heterocycles. The van der Waals surface area contributed by atoms with Crippen LogP contribution in [0.3, 0.4) is 0 Å². The molecule has 0 spiro atoms. The Balaban J connectivity index is 2.09. The number of carbonyl (C=O) groups is 2. The van der Waals surface area contributed by atoms with Gasteiger partial charge in [-0.2, -0.15) is 0 Å². The van der Waals surface area contributed by atoms with E-state index < -0.39 is 6.09 Å². The molecule has 0 saturated carbocycles. The molecule has 1 aromatic rings. The van der Waals surface area contributed by atoms with Crippen LogP contribution in [0.15, 0.2) is 24.3 Å². The molecule has 6 nitrogen and oxygen atoms in total. The van der Waals surface area contributed by atoms with Crippen LogP contribution in [-0.2, 0) is 9.53 Å². The summed E-state index contributed by atoms with van der Waals surface area (Å²) in [5.74, 6) is 0.147. The average Bonchev–Trinajstić information content (AvgIpc) is 2.70. The predicted octanol–water partition coefficient (Wildman–Crippen LogP) is 2.50. The molecule has 1 atom stereocenters. The molecular weight excluding hydrogens is 302 g/mol. The van der Waals surface area contributed by atoms with Crippen molar-refractivity contribution in [3.05, 3.63) is 24.3 Å². The monoisotopic (exact) mass is 321 g/mol. The summed E-state index contributed by atoms with van der Waals surface area (Å²) in [7, 11) is 0. The zero-order chi connectivity index (χ0) is 16.3. The third kappa shape index (κ3) is 3.73. The van der Waals surface area contributed by atoms with E-state index in [4.69, 9.17) is 17.0 Å². The number of anilines is 2. The smallest absolute Gasteiger partial charge is 0.411 e. The molecule has 1 aliphatic rings. The molecule has 22 heavy (non-hydrogen) atoms. The lowest BCUT2D eigenvalue weighted by Gasteiger charge is -2.16. The van der Waals surface area contributed by atoms with E-state index in [1.165, 1.54) is 4.90 Å². The molecule has 0 aliphatic carbocycles. The van der Waals surface area contributed by atoms with Gasteiger partial charge in [-0.3, -0.25) is 15.0 Å². The maximum atomic E-state index is 12.1. The maximum absolute atomic E-state index is 12.1. The molecule has 0 bridgehead atoms. The van der Waals surface area contributed by atoms with Crippen molar-refractivity contribution in [1.29, 1.82) is 0 Å². The Kier molecular flexibility index (Phi) is 4.97. The summed E-state index contributed by atoms with van der Waals surface area (Å²) >= 11 is 5.16. The highest BCUT2D eigenvalue weighted by Gasteiger charge is 2.33. The van der Waals surface area contributed by atoms with Gasteiger partial charge in [-0.25, -0.2) is 4.79 Å². The minimum Gasteiger partial charge on any atom is -0.449 e. The second-order valence-corrected chi connectivity index (χ2v) is 5.90. The number of hydrogen-bond donors (Lipinski definition) is 2. The molecule has 7 heteroatoms. The normalized spacial score (nSPS) is 17.6. The zero-order valence-corrected chi connectivity index (χ0v) is 13.6. The number of benzene rings is 1. The number of ether oxygens (including phenoxy) is 1. The van der Waals surface area contributed by atoms with Crippen LogP contribution in [0.4, 0.5) is 16.2 Å². The average molecular weight is 321 g/mol. The van der Waals surface area contributed by atoms with Crippen molar-refractivity contribution >= 4 is 40.7 Å². The van der Waals surface area contributed by atoms with Crippen LogP contribution < -0.4 is 15.5 Å². The van der Waals surface area contributed by atoms with Gasteiger partial charge < -0.3 is 10.1 Å². The third-order valence-corrected chi connectivity index (χ3v) is 3.33. The van der Waals surface area contributed by atoms with Gasteiger partial charge in [0, 0.05) is 5.69 Å². The Morgan fingerprint density at radius 1 is 1.50 bits per heavy atom. The Morgan fingerprint density at radius 3 is 2.82 bits per heavy atom. The summed E-state index contributed by atoms with van der Waals surface area (Å²) in [5.41, 5.74) is 1.15. The number of thiocarbonyl (C=S) groups is 1. The van der Waals surface area contributed by atoms with Gasteiger partial charge in [0.2, 0.25) is 0 Å². The van der Waals surface area contributed by atoms with E-state index in [9.17, 15) is 9.59 Å². The molecule has 1 heterocycles. The number of amides is 2. The van der Waals surface area contributed by atoms with Crippen molar-refractivity contribution < 1.29 is 14.3 Å². The Hall–Kier alpha value is -2.15. The molecule has 0 aromatic heterocycles. The Morgan fingerprint density at radius 2 is 2.23 bits per heavy atom. The first-order valence-electron chi connectivity index (χ1n) is 7.07. The molecule has 0 radical (unpaired) electrons. The molecule has 1 saturated heterocycles. The summed E-state index contributed by atoms with van der Waals surface area (Å²) < 4.78 is 5.06. The van der Waals surface area contributed by atoms with Crippen molar-refractivity contribution in [2.24, 2.45) is 5.92 Å². The van der Waals surface area contributed by atoms with Crippen LogP contribution in [0, 0.1) is 5.92 Å². The zero-order valence-electron chi connectivity index (χ0n) is 12.8. The molecule has 2 N–H and O–H groups in total. The standard InChI is InChI=1S/C15H19N3O3S/c1-9(2)8-21-15(20)17-11-5-4-6-12(7-11)18-13(19)10(3)16-14(18)22/h4-7,9-10H,8H2,1-3H3,(H,16,22)(H,17,20)/t10-/m0/s1. The summed E-state index contributed by atoms with van der Waals surface area (Å²) in [6, 6.07) is 6.56. The van der Waals surface area contributed by atoms with E-state index in [0.717, 1.165) is 0 Å². The van der Waals surface area contributed by atoms with E-state index >= 15 is 0 Å². The molecule has 0 unspecified atom stereocenters. The highest BCUT2D eigenvalue weighted by atomic mass is 32.1. The predicted molar refractivity (Wildman–Crippen MR) is 88.9 cm³/mol. The summed E-state index contributed by atoms with van der Waals surface area (Å²) in [4.78, 5) is 25.2. The van der Waals surface area contributed by atoms with E-state index in [2.05, 4.69) is 10.6 Å². The SMILES string of the molecule is CC(C)COC(=O)Nc1cccc(N2C(=O)[C@H](C)NC2=S)c1. The van der Waals surface area contributed by atoms with Crippen molar-refractivity contribution in [2.75, 3.05) is 16.8 Å². The first-order chi connectivity index (χ1) is 10.4. The second-order valence-electron chi connectivity index (χ2n) is 5.51. The minimum atomic E-state index is -0.521. The lowest BCUT2D eigenvalue weighted by Crippen LogP contribution is -2.30. The van der Waals surface area contributed by atoms with Crippen LogP contribution in [0.25, 0.3) is 0 Å². The second kappa shape index (κ2) is 6.74. The maximum Gasteiger partial charge on any atom is 0.411 e. The van der Waals surface area contributed by atoms with Crippen LogP contribution in [0.5, 0.6) is 0 Å². The minimum absolute atomic E-state index is 0.121. The van der Waals surface area contributed by atoms with Gasteiger partial charge in [-0.15, -0.1) is 0 Å². The quantitative estimate of drug-likeness (QED) is 0.834. The number of carbonyl (C=O) groups excluding carboxylic acids is 2. The van der Waals surface area contributed by atoms with Gasteiger partial charge in [-0.1, -0.05) is 19.9 Å². The molecular formula is C15H19N3O3S. The van der Waals surface area contributed by atoms with E-state index in [1.807, 2.05) is 13.8 Å². The fourth-order valence-corrected chi connectivity index (χ4v) is 2.34. The van der Waals surface area contributed by atoms with Gasteiger partial charge in [0.05, 0.1) is 12.3 Å². The van der Waals surface area contributed by atoms with E-state index in [1.54, 1.807) is 31.2 Å². The van der Waals surface area contributed by atoms with E-state index in [0.29, 0.717) is 23.1 Å². The fourth-order valence-electron chi connectivity index (χ4n) is 1.97. The number of nitrogens with zero attached hydrogens (tertiary/aromatic N) is 1. The van der Waals surface area contributed by atoms with Gasteiger partial charge in [0.1, 0.15) is 6.04 Å². The first-order valence-corrected chi connectivity index (χ1v) is 7.47. The number of nitrogens with one attached hydrogen (secondary N) is 2. The van der Waals surface area contributed by atoms with Crippen LogP contribution >= 0.6 is 12.2 Å². The summed E-state index contributed by atoms with van der Waals surface area (Å²) in [6.45, 7) is 6.02. The summed E-state index contributed by atoms with van der Waals surface area (Å²) in [6.07, 6.45) is -0.521. The molecule has 1 aromatic carbocycles. The topological polar surface area (TPSA) is 70.7 Å². The Bertz CT molecular complexity index is 603. The highest BCUT2D eigenvalue weighted by molar-refractivity contribution is 7.80. The lowest BCUT2D eigenvalue weighted by molar-refractivity contribution is -0.117. The number of hydrogen-bond acceptors (Lipinski definition) is 4. The first kappa shape index (κ1) is 16.2. The van der Waals surface area contributed by atoms with Gasteiger partial charge >= 0.3 is 6.09 Å². The third-order valence-electron chi connectivity index (χ3n) is 3.03. The molecule has 118 valence electrons. The lowest BCUT2D eigenvalue weighted by atomic mass is 10.2. The van der Waals surface area contributed by atoms with Gasteiger partial charge in [-0.05, 0) is 43.3 Å². The Labute approximate surface area is 134 Å². The van der Waals surface area contributed by atoms with Crippen LogP contribution in [0.1, 0.15) is 20.8 Å². The molecule has 2 amide bonds. The van der Waals surface area contributed by atoms with Crippen molar-refractivity contribution in [1.82, 2.24) is 5.32 Å². The van der Waals surface area contributed by atoms with Crippen molar-refractivity contribution in [3.63, 3.8) is 0 Å². The molecule has 1 fully saturated rings. The fraction of sp³-hybridized carbons (Fsp3) is 0.400. The van der Waals surface area contributed by atoms with E-state index in [-0.39, 0.29) is 17.9 Å². The van der Waals surface area contributed by atoms with Crippen molar-refractivity contribution in [2.45, 2.75) is 26.8 Å². The van der Waals surface area contributed by atoms with Crippen LogP contribution in [0.2, 0.25) is 0 Å². The molecule has 2 rings (SSSR count). The number of rotatable bonds is 4. The largest absolute Gasteiger partial charge is 0.449 e. The van der Waals surface area contributed by atoms with Gasteiger partial charge in [0.25, 0.3) is 5.91 Å². The highest BCUT2D eigenvalue weighted by Crippen LogP contribution is 2.23.